The minimum atomic E-state index is 0.298. The van der Waals surface area contributed by atoms with Gasteiger partial charge in [0.2, 0.25) is 0 Å². The molecule has 0 aliphatic heterocycles. The second-order valence-corrected chi connectivity index (χ2v) is 5.99. The number of hydrogen-bond donors (Lipinski definition) is 1. The third-order valence-electron chi connectivity index (χ3n) is 3.15. The predicted molar refractivity (Wildman–Crippen MR) is 87.3 cm³/mol. The molecule has 0 saturated carbocycles. The first-order chi connectivity index (χ1) is 9.50. The molecule has 0 spiro atoms. The number of anilines is 1. The maximum absolute atomic E-state index is 5.63. The van der Waals surface area contributed by atoms with Crippen LogP contribution in [0.4, 0.5) is 5.69 Å². The second kappa shape index (κ2) is 8.98. The highest BCUT2D eigenvalue weighted by atomic mass is 16.5. The Balaban J connectivity index is 2.54. The third kappa shape index (κ3) is 6.40. The Morgan fingerprint density at radius 1 is 1.15 bits per heavy atom. The van der Waals surface area contributed by atoms with Gasteiger partial charge in [-0.3, -0.25) is 0 Å². The quantitative estimate of drug-likeness (QED) is 0.750. The van der Waals surface area contributed by atoms with Gasteiger partial charge in [-0.1, -0.05) is 32.0 Å². The number of rotatable bonds is 9. The zero-order valence-corrected chi connectivity index (χ0v) is 13.6. The summed E-state index contributed by atoms with van der Waals surface area (Å²) in [7, 11) is 2.13. The Hall–Kier alpha value is -1.06. The SMILES string of the molecule is CC(C)CNCc1ccccc1N(C)CCOC(C)C. The summed E-state index contributed by atoms with van der Waals surface area (Å²) in [5, 5.41) is 3.51. The molecule has 1 rings (SSSR count). The molecule has 0 heterocycles. The number of nitrogens with one attached hydrogen (secondary N) is 1. The number of benzene rings is 1. The fourth-order valence-electron chi connectivity index (χ4n) is 2.07. The lowest BCUT2D eigenvalue weighted by molar-refractivity contribution is 0.0846. The van der Waals surface area contributed by atoms with Crippen molar-refractivity contribution in [3.05, 3.63) is 29.8 Å². The molecule has 1 aromatic rings. The van der Waals surface area contributed by atoms with Gasteiger partial charge in [0.15, 0.2) is 0 Å². The fraction of sp³-hybridized carbons (Fsp3) is 0.647. The van der Waals surface area contributed by atoms with E-state index in [0.717, 1.165) is 26.2 Å². The van der Waals surface area contributed by atoms with Crippen LogP contribution in [-0.2, 0) is 11.3 Å². The van der Waals surface area contributed by atoms with Crippen LogP contribution >= 0.6 is 0 Å². The second-order valence-electron chi connectivity index (χ2n) is 5.99. The van der Waals surface area contributed by atoms with E-state index in [2.05, 4.69) is 69.2 Å². The first-order valence-electron chi connectivity index (χ1n) is 7.62. The Morgan fingerprint density at radius 2 is 1.85 bits per heavy atom. The lowest BCUT2D eigenvalue weighted by atomic mass is 10.1. The number of ether oxygens (including phenoxy) is 1. The molecule has 0 saturated heterocycles. The lowest BCUT2D eigenvalue weighted by Gasteiger charge is -2.23. The van der Waals surface area contributed by atoms with Crippen molar-refractivity contribution in [2.24, 2.45) is 5.92 Å². The van der Waals surface area contributed by atoms with Gasteiger partial charge in [-0.25, -0.2) is 0 Å². The zero-order chi connectivity index (χ0) is 15.0. The van der Waals surface area contributed by atoms with Crippen LogP contribution in [0.3, 0.4) is 0 Å². The summed E-state index contributed by atoms with van der Waals surface area (Å²) >= 11 is 0. The summed E-state index contributed by atoms with van der Waals surface area (Å²) in [6, 6.07) is 8.58. The molecule has 3 nitrogen and oxygen atoms in total. The van der Waals surface area contributed by atoms with Gasteiger partial charge in [0.05, 0.1) is 12.7 Å². The Labute approximate surface area is 124 Å². The van der Waals surface area contributed by atoms with Gasteiger partial charge in [-0.05, 0) is 37.9 Å². The van der Waals surface area contributed by atoms with Gasteiger partial charge < -0.3 is 15.0 Å². The van der Waals surface area contributed by atoms with E-state index in [1.165, 1.54) is 11.3 Å². The summed E-state index contributed by atoms with van der Waals surface area (Å²) < 4.78 is 5.63. The van der Waals surface area contributed by atoms with Crippen LogP contribution in [0, 0.1) is 5.92 Å². The molecule has 0 atom stereocenters. The highest BCUT2D eigenvalue weighted by molar-refractivity contribution is 5.53. The van der Waals surface area contributed by atoms with Crippen molar-refractivity contribution < 1.29 is 4.74 Å². The molecule has 114 valence electrons. The van der Waals surface area contributed by atoms with Crippen LogP contribution in [0.5, 0.6) is 0 Å². The predicted octanol–water partition coefficient (Wildman–Crippen LogP) is 3.29. The van der Waals surface area contributed by atoms with Crippen molar-refractivity contribution in [1.82, 2.24) is 5.32 Å². The molecule has 0 aliphatic carbocycles. The molecule has 0 aromatic heterocycles. The van der Waals surface area contributed by atoms with Gasteiger partial charge in [-0.15, -0.1) is 0 Å². The van der Waals surface area contributed by atoms with Gasteiger partial charge in [0.25, 0.3) is 0 Å². The van der Waals surface area contributed by atoms with Crippen LogP contribution in [0.15, 0.2) is 24.3 Å². The highest BCUT2D eigenvalue weighted by Gasteiger charge is 2.07. The van der Waals surface area contributed by atoms with E-state index in [-0.39, 0.29) is 0 Å². The maximum Gasteiger partial charge on any atom is 0.0644 e. The van der Waals surface area contributed by atoms with E-state index in [9.17, 15) is 0 Å². The number of hydrogen-bond acceptors (Lipinski definition) is 3. The lowest BCUT2D eigenvalue weighted by Crippen LogP contribution is -2.26. The van der Waals surface area contributed by atoms with E-state index in [1.54, 1.807) is 0 Å². The van der Waals surface area contributed by atoms with Crippen LogP contribution < -0.4 is 10.2 Å². The average molecular weight is 278 g/mol. The average Bonchev–Trinajstić information content (AvgIpc) is 2.38. The molecule has 20 heavy (non-hydrogen) atoms. The molecule has 0 unspecified atom stereocenters. The minimum Gasteiger partial charge on any atom is -0.377 e. The molecule has 0 aliphatic rings. The summed E-state index contributed by atoms with van der Waals surface area (Å²) in [5.41, 5.74) is 2.64. The topological polar surface area (TPSA) is 24.5 Å². The fourth-order valence-corrected chi connectivity index (χ4v) is 2.07. The molecule has 0 radical (unpaired) electrons. The van der Waals surface area contributed by atoms with Gasteiger partial charge in [0.1, 0.15) is 0 Å². The van der Waals surface area contributed by atoms with E-state index < -0.39 is 0 Å². The van der Waals surface area contributed by atoms with Crippen LogP contribution in [-0.4, -0.2) is 32.8 Å². The molecule has 1 aromatic carbocycles. The molecule has 3 heteroatoms. The Bertz CT molecular complexity index is 377. The van der Waals surface area contributed by atoms with E-state index in [1.807, 2.05) is 0 Å². The molecular formula is C17H30N2O. The standard InChI is InChI=1S/C17H30N2O/c1-14(2)12-18-13-16-8-6-7-9-17(16)19(5)10-11-20-15(3)4/h6-9,14-15,18H,10-13H2,1-5H3. The highest BCUT2D eigenvalue weighted by Crippen LogP contribution is 2.18. The molecule has 0 bridgehead atoms. The summed E-state index contributed by atoms with van der Waals surface area (Å²) in [6.07, 6.45) is 0.298. The monoisotopic (exact) mass is 278 g/mol. The van der Waals surface area contributed by atoms with Crippen LogP contribution in [0.25, 0.3) is 0 Å². The zero-order valence-electron chi connectivity index (χ0n) is 13.6. The van der Waals surface area contributed by atoms with Gasteiger partial charge in [-0.2, -0.15) is 0 Å². The van der Waals surface area contributed by atoms with E-state index in [0.29, 0.717) is 12.0 Å². The first kappa shape index (κ1) is 17.0. The summed E-state index contributed by atoms with van der Waals surface area (Å²) in [6.45, 7) is 12.3. The van der Waals surface area contributed by atoms with Crippen molar-refractivity contribution in [2.75, 3.05) is 31.6 Å². The van der Waals surface area contributed by atoms with Crippen molar-refractivity contribution in [3.8, 4) is 0 Å². The van der Waals surface area contributed by atoms with Crippen molar-refractivity contribution in [3.63, 3.8) is 0 Å². The van der Waals surface area contributed by atoms with Crippen LogP contribution in [0.2, 0.25) is 0 Å². The molecule has 1 N–H and O–H groups in total. The molecule has 0 amide bonds. The Kier molecular flexibility index (Phi) is 7.63. The normalized spacial score (nSPS) is 11.3. The Morgan fingerprint density at radius 3 is 2.50 bits per heavy atom. The third-order valence-corrected chi connectivity index (χ3v) is 3.15. The van der Waals surface area contributed by atoms with Gasteiger partial charge in [0, 0.05) is 25.8 Å². The van der Waals surface area contributed by atoms with Crippen molar-refractivity contribution >= 4 is 5.69 Å². The van der Waals surface area contributed by atoms with E-state index >= 15 is 0 Å². The largest absolute Gasteiger partial charge is 0.377 e. The van der Waals surface area contributed by atoms with Gasteiger partial charge >= 0.3 is 0 Å². The maximum atomic E-state index is 5.63. The smallest absolute Gasteiger partial charge is 0.0644 e. The summed E-state index contributed by atoms with van der Waals surface area (Å²) in [5.74, 6) is 0.680. The number of para-hydroxylation sites is 1. The first-order valence-corrected chi connectivity index (χ1v) is 7.62. The minimum absolute atomic E-state index is 0.298. The number of nitrogens with zero attached hydrogens (tertiary/aromatic N) is 1. The number of likely N-dealkylation sites (N-methyl/N-ethyl adjacent to an activating group) is 1. The molecular weight excluding hydrogens is 248 g/mol. The summed E-state index contributed by atoms with van der Waals surface area (Å²) in [4.78, 5) is 2.27. The van der Waals surface area contributed by atoms with E-state index in [4.69, 9.17) is 4.74 Å². The van der Waals surface area contributed by atoms with Crippen molar-refractivity contribution in [2.45, 2.75) is 40.3 Å². The molecule has 0 fully saturated rings. The van der Waals surface area contributed by atoms with Crippen LogP contribution in [0.1, 0.15) is 33.3 Å². The van der Waals surface area contributed by atoms with Crippen molar-refractivity contribution in [1.29, 1.82) is 0 Å².